The van der Waals surface area contributed by atoms with Crippen molar-refractivity contribution in [2.24, 2.45) is 0 Å². The molecular weight excluding hydrogens is 130 g/mol. The topological polar surface area (TPSA) is 44.1 Å². The third-order valence-electron chi connectivity index (χ3n) is 1.70. The van der Waals surface area contributed by atoms with E-state index in [-0.39, 0.29) is 0 Å². The van der Waals surface area contributed by atoms with E-state index >= 15 is 0 Å². The molecule has 1 aliphatic rings. The number of rotatable bonds is 0. The van der Waals surface area contributed by atoms with Crippen LogP contribution in [0.1, 0.15) is 5.69 Å². The highest BCUT2D eigenvalue weighted by Crippen LogP contribution is 2.08. The molecule has 2 heterocycles. The molecule has 1 aromatic rings. The number of hydroxylamine groups is 2. The number of hydrogen-bond donors (Lipinski definition) is 0. The van der Waals surface area contributed by atoms with Crippen molar-refractivity contribution in [3.63, 3.8) is 0 Å². The zero-order valence-electron chi connectivity index (χ0n) is 5.53. The van der Waals surface area contributed by atoms with Gasteiger partial charge in [0.25, 0.3) is 0 Å². The summed E-state index contributed by atoms with van der Waals surface area (Å²) in [5.74, 6) is 0. The van der Waals surface area contributed by atoms with E-state index in [1.54, 1.807) is 6.20 Å². The van der Waals surface area contributed by atoms with Crippen LogP contribution >= 0.6 is 0 Å². The van der Waals surface area contributed by atoms with Gasteiger partial charge in [0.15, 0.2) is 0 Å². The predicted octanol–water partition coefficient (Wildman–Crippen LogP) is 0.196. The molecular formula is C6H8N3O-. The van der Waals surface area contributed by atoms with Crippen molar-refractivity contribution in [3.8, 4) is 0 Å². The third kappa shape index (κ3) is 0.815. The summed E-state index contributed by atoms with van der Waals surface area (Å²) < 4.78 is 1.87. The van der Waals surface area contributed by atoms with Crippen LogP contribution in [0.3, 0.4) is 0 Å². The van der Waals surface area contributed by atoms with E-state index in [0.717, 1.165) is 17.3 Å². The van der Waals surface area contributed by atoms with Crippen LogP contribution in [-0.4, -0.2) is 21.4 Å². The second-order valence-corrected chi connectivity index (χ2v) is 2.41. The smallest absolute Gasteiger partial charge is 0.0531 e. The third-order valence-corrected chi connectivity index (χ3v) is 1.70. The van der Waals surface area contributed by atoms with Gasteiger partial charge in [-0.25, -0.2) is 0 Å². The first kappa shape index (κ1) is 5.88. The first-order valence-electron chi connectivity index (χ1n) is 3.29. The fourth-order valence-corrected chi connectivity index (χ4v) is 1.16. The lowest BCUT2D eigenvalue weighted by molar-refractivity contribution is 0.291. The second kappa shape index (κ2) is 2.07. The lowest BCUT2D eigenvalue weighted by atomic mass is 10.3. The number of fused-ring (bicyclic) bond motifs is 1. The predicted molar refractivity (Wildman–Crippen MR) is 36.0 cm³/mol. The fourth-order valence-electron chi connectivity index (χ4n) is 1.16. The SMILES string of the molecule is [O-]N1CCn2nccc2C1. The number of hydrogen-bond acceptors (Lipinski definition) is 3. The van der Waals surface area contributed by atoms with Gasteiger partial charge in [-0.15, -0.1) is 0 Å². The molecule has 0 saturated carbocycles. The van der Waals surface area contributed by atoms with Crippen molar-refractivity contribution in [1.29, 1.82) is 0 Å². The average molecular weight is 138 g/mol. The van der Waals surface area contributed by atoms with Crippen LogP contribution in [0.15, 0.2) is 12.3 Å². The molecule has 4 heteroatoms. The van der Waals surface area contributed by atoms with Crippen molar-refractivity contribution < 1.29 is 0 Å². The Bertz CT molecular complexity index is 233. The molecule has 0 spiro atoms. The van der Waals surface area contributed by atoms with Crippen molar-refractivity contribution in [2.45, 2.75) is 13.1 Å². The molecule has 0 saturated heterocycles. The average Bonchev–Trinajstić information content (AvgIpc) is 2.33. The fraction of sp³-hybridized carbons (Fsp3) is 0.500. The minimum atomic E-state index is 0.486. The van der Waals surface area contributed by atoms with Crippen molar-refractivity contribution in [1.82, 2.24) is 14.8 Å². The summed E-state index contributed by atoms with van der Waals surface area (Å²) in [5.41, 5.74) is 1.02. The van der Waals surface area contributed by atoms with E-state index in [0.29, 0.717) is 13.1 Å². The second-order valence-electron chi connectivity index (χ2n) is 2.41. The maximum Gasteiger partial charge on any atom is 0.0531 e. The van der Waals surface area contributed by atoms with Gasteiger partial charge in [0.05, 0.1) is 12.2 Å². The summed E-state index contributed by atoms with van der Waals surface area (Å²) in [6.45, 7) is 1.78. The molecule has 0 fully saturated rings. The van der Waals surface area contributed by atoms with Gasteiger partial charge in [0.1, 0.15) is 0 Å². The Morgan fingerprint density at radius 3 is 3.30 bits per heavy atom. The van der Waals surface area contributed by atoms with E-state index in [9.17, 15) is 5.21 Å². The molecule has 54 valence electrons. The minimum Gasteiger partial charge on any atom is -0.785 e. The van der Waals surface area contributed by atoms with Gasteiger partial charge in [-0.1, -0.05) is 0 Å². The van der Waals surface area contributed by atoms with Crippen molar-refractivity contribution in [3.05, 3.63) is 23.2 Å². The summed E-state index contributed by atoms with van der Waals surface area (Å²) in [5, 5.41) is 15.9. The summed E-state index contributed by atoms with van der Waals surface area (Å²) >= 11 is 0. The highest BCUT2D eigenvalue weighted by Gasteiger charge is 2.08. The molecule has 0 amide bonds. The maximum atomic E-state index is 10.8. The lowest BCUT2D eigenvalue weighted by Crippen LogP contribution is -2.29. The van der Waals surface area contributed by atoms with Crippen LogP contribution in [-0.2, 0) is 13.1 Å². The molecule has 0 atom stereocenters. The monoisotopic (exact) mass is 138 g/mol. The lowest BCUT2D eigenvalue weighted by Gasteiger charge is -2.32. The molecule has 0 aliphatic carbocycles. The molecule has 0 N–H and O–H groups in total. The summed E-state index contributed by atoms with van der Waals surface area (Å²) in [7, 11) is 0. The van der Waals surface area contributed by atoms with Gasteiger partial charge in [-0.2, -0.15) is 5.10 Å². The van der Waals surface area contributed by atoms with Gasteiger partial charge >= 0.3 is 0 Å². The number of aromatic nitrogens is 2. The van der Waals surface area contributed by atoms with E-state index in [1.807, 2.05) is 10.7 Å². The minimum absolute atomic E-state index is 0.486. The zero-order valence-corrected chi connectivity index (χ0v) is 5.53. The van der Waals surface area contributed by atoms with E-state index in [4.69, 9.17) is 0 Å². The highest BCUT2D eigenvalue weighted by molar-refractivity contribution is 5.02. The van der Waals surface area contributed by atoms with Crippen molar-refractivity contribution >= 4 is 0 Å². The Morgan fingerprint density at radius 2 is 2.40 bits per heavy atom. The van der Waals surface area contributed by atoms with Crippen molar-refractivity contribution in [2.75, 3.05) is 6.54 Å². The van der Waals surface area contributed by atoms with E-state index in [1.165, 1.54) is 0 Å². The first-order chi connectivity index (χ1) is 4.86. The molecule has 1 aromatic heterocycles. The maximum absolute atomic E-state index is 10.8. The van der Waals surface area contributed by atoms with Gasteiger partial charge in [0.2, 0.25) is 0 Å². The van der Waals surface area contributed by atoms with Gasteiger partial charge in [0, 0.05) is 19.3 Å². The van der Waals surface area contributed by atoms with Crippen LogP contribution in [0.4, 0.5) is 0 Å². The summed E-state index contributed by atoms with van der Waals surface area (Å²) in [4.78, 5) is 0. The normalized spacial score (nSPS) is 18.9. The van der Waals surface area contributed by atoms with Crippen LogP contribution < -0.4 is 0 Å². The Morgan fingerprint density at radius 1 is 1.50 bits per heavy atom. The Kier molecular flexibility index (Phi) is 1.22. The molecule has 0 unspecified atom stereocenters. The molecule has 1 aliphatic heterocycles. The van der Waals surface area contributed by atoms with Gasteiger partial charge in [-0.3, -0.25) is 4.68 Å². The van der Waals surface area contributed by atoms with Gasteiger partial charge < -0.3 is 10.3 Å². The molecule has 2 rings (SSSR count). The first-order valence-corrected chi connectivity index (χ1v) is 3.29. The standard InChI is InChI=1S/C6H8N3O/c10-8-3-4-9-6(5-8)1-2-7-9/h1-2H,3-5H2/q-1. The largest absolute Gasteiger partial charge is 0.785 e. The summed E-state index contributed by atoms with van der Waals surface area (Å²) in [6.07, 6.45) is 1.73. The van der Waals surface area contributed by atoms with Gasteiger partial charge in [-0.05, 0) is 6.07 Å². The Hall–Kier alpha value is -0.870. The van der Waals surface area contributed by atoms with E-state index < -0.39 is 0 Å². The Labute approximate surface area is 58.6 Å². The Balaban J connectivity index is 2.30. The van der Waals surface area contributed by atoms with Crippen LogP contribution in [0.5, 0.6) is 0 Å². The van der Waals surface area contributed by atoms with E-state index in [2.05, 4.69) is 5.10 Å². The van der Waals surface area contributed by atoms with Crippen LogP contribution in [0, 0.1) is 5.21 Å². The zero-order chi connectivity index (χ0) is 6.97. The number of nitrogens with zero attached hydrogens (tertiary/aromatic N) is 3. The molecule has 4 nitrogen and oxygen atoms in total. The molecule has 0 bridgehead atoms. The highest BCUT2D eigenvalue weighted by atomic mass is 16.5. The summed E-state index contributed by atoms with van der Waals surface area (Å²) in [6, 6.07) is 1.88. The molecule has 0 aromatic carbocycles. The molecule has 0 radical (unpaired) electrons. The van der Waals surface area contributed by atoms with Crippen LogP contribution in [0.25, 0.3) is 0 Å². The molecule has 10 heavy (non-hydrogen) atoms. The quantitative estimate of drug-likeness (QED) is 0.514. The van der Waals surface area contributed by atoms with Crippen LogP contribution in [0.2, 0.25) is 0 Å².